The minimum atomic E-state index is -0.681. The lowest BCUT2D eigenvalue weighted by Crippen LogP contribution is -1.85. The number of phenolic OH excluding ortho intramolecular Hbond substituents is 1. The molecule has 82 valence electrons. The second kappa shape index (κ2) is 3.93. The van der Waals surface area contributed by atoms with Crippen molar-refractivity contribution >= 4 is 0 Å². The van der Waals surface area contributed by atoms with E-state index in [9.17, 15) is 8.78 Å². The van der Waals surface area contributed by atoms with Crippen molar-refractivity contribution in [2.75, 3.05) is 0 Å². The van der Waals surface area contributed by atoms with E-state index in [0.717, 1.165) is 5.56 Å². The SMILES string of the molecule is Cc1cc(-c2ccc(O)c(F)c2)ccc1F. The molecular weight excluding hydrogens is 210 g/mol. The first kappa shape index (κ1) is 10.6. The summed E-state index contributed by atoms with van der Waals surface area (Å²) in [6.45, 7) is 1.65. The molecule has 2 aromatic carbocycles. The molecule has 0 saturated carbocycles. The number of hydrogen-bond donors (Lipinski definition) is 1. The van der Waals surface area contributed by atoms with Crippen LogP contribution in [0.15, 0.2) is 36.4 Å². The predicted molar refractivity (Wildman–Crippen MR) is 58.2 cm³/mol. The quantitative estimate of drug-likeness (QED) is 0.777. The van der Waals surface area contributed by atoms with E-state index >= 15 is 0 Å². The Morgan fingerprint density at radius 2 is 1.50 bits per heavy atom. The Hall–Kier alpha value is -1.90. The fourth-order valence-corrected chi connectivity index (χ4v) is 1.51. The molecule has 3 heteroatoms. The predicted octanol–water partition coefficient (Wildman–Crippen LogP) is 3.65. The van der Waals surface area contributed by atoms with Gasteiger partial charge in [-0.05, 0) is 47.9 Å². The van der Waals surface area contributed by atoms with Gasteiger partial charge in [0.2, 0.25) is 0 Å². The van der Waals surface area contributed by atoms with Crippen molar-refractivity contribution in [3.8, 4) is 16.9 Å². The van der Waals surface area contributed by atoms with E-state index in [1.165, 1.54) is 18.2 Å². The van der Waals surface area contributed by atoms with Gasteiger partial charge in [-0.2, -0.15) is 0 Å². The van der Waals surface area contributed by atoms with Crippen LogP contribution in [0.2, 0.25) is 0 Å². The van der Waals surface area contributed by atoms with Crippen LogP contribution in [0.4, 0.5) is 8.78 Å². The van der Waals surface area contributed by atoms with Gasteiger partial charge < -0.3 is 5.11 Å². The summed E-state index contributed by atoms with van der Waals surface area (Å²) in [6, 6.07) is 8.65. The van der Waals surface area contributed by atoms with Crippen molar-refractivity contribution in [2.24, 2.45) is 0 Å². The topological polar surface area (TPSA) is 20.2 Å². The average molecular weight is 220 g/mol. The van der Waals surface area contributed by atoms with Crippen molar-refractivity contribution in [3.63, 3.8) is 0 Å². The molecule has 0 amide bonds. The van der Waals surface area contributed by atoms with Gasteiger partial charge in [0, 0.05) is 0 Å². The standard InChI is InChI=1S/C13H10F2O/c1-8-6-9(2-4-11(8)14)10-3-5-13(16)12(15)7-10/h2-7,16H,1H3. The molecular formula is C13H10F2O. The van der Waals surface area contributed by atoms with Crippen LogP contribution in [0, 0.1) is 18.6 Å². The molecule has 0 radical (unpaired) electrons. The van der Waals surface area contributed by atoms with Crippen LogP contribution in [-0.2, 0) is 0 Å². The summed E-state index contributed by atoms with van der Waals surface area (Å²) >= 11 is 0. The van der Waals surface area contributed by atoms with E-state index in [-0.39, 0.29) is 11.6 Å². The number of halogens is 2. The highest BCUT2D eigenvalue weighted by molar-refractivity contribution is 5.65. The van der Waals surface area contributed by atoms with Crippen molar-refractivity contribution in [2.45, 2.75) is 6.92 Å². The molecule has 0 bridgehead atoms. The van der Waals surface area contributed by atoms with Gasteiger partial charge in [-0.1, -0.05) is 12.1 Å². The maximum absolute atomic E-state index is 13.1. The van der Waals surface area contributed by atoms with Crippen LogP contribution in [0.5, 0.6) is 5.75 Å². The Balaban J connectivity index is 2.50. The zero-order valence-corrected chi connectivity index (χ0v) is 8.67. The lowest BCUT2D eigenvalue weighted by atomic mass is 10.0. The fourth-order valence-electron chi connectivity index (χ4n) is 1.51. The van der Waals surface area contributed by atoms with Crippen molar-refractivity contribution in [1.82, 2.24) is 0 Å². The number of aromatic hydroxyl groups is 1. The lowest BCUT2D eigenvalue weighted by Gasteiger charge is -2.04. The number of hydrogen-bond acceptors (Lipinski definition) is 1. The first-order chi connectivity index (χ1) is 7.58. The van der Waals surface area contributed by atoms with Gasteiger partial charge in [0.25, 0.3) is 0 Å². The Morgan fingerprint density at radius 3 is 2.12 bits per heavy atom. The molecule has 0 aliphatic heterocycles. The third-order valence-corrected chi connectivity index (χ3v) is 2.44. The number of phenols is 1. The summed E-state index contributed by atoms with van der Waals surface area (Å²) in [4.78, 5) is 0. The second-order valence-corrected chi connectivity index (χ2v) is 3.63. The molecule has 0 aromatic heterocycles. The molecule has 0 unspecified atom stereocenters. The minimum absolute atomic E-state index is 0.289. The molecule has 0 fully saturated rings. The van der Waals surface area contributed by atoms with Gasteiger partial charge in [-0.15, -0.1) is 0 Å². The molecule has 2 aromatic rings. The Kier molecular flexibility index (Phi) is 2.60. The summed E-state index contributed by atoms with van der Waals surface area (Å²) in [5.41, 5.74) is 1.84. The van der Waals surface area contributed by atoms with Crippen LogP contribution in [0.3, 0.4) is 0 Å². The summed E-state index contributed by atoms with van der Waals surface area (Å²) in [6.07, 6.45) is 0. The van der Waals surface area contributed by atoms with Crippen LogP contribution < -0.4 is 0 Å². The van der Waals surface area contributed by atoms with Crippen molar-refractivity contribution in [1.29, 1.82) is 0 Å². The molecule has 1 nitrogen and oxygen atoms in total. The van der Waals surface area contributed by atoms with Crippen LogP contribution in [-0.4, -0.2) is 5.11 Å². The lowest BCUT2D eigenvalue weighted by molar-refractivity contribution is 0.432. The highest BCUT2D eigenvalue weighted by Crippen LogP contribution is 2.26. The van der Waals surface area contributed by atoms with Gasteiger partial charge in [-0.3, -0.25) is 0 Å². The van der Waals surface area contributed by atoms with Gasteiger partial charge in [0.15, 0.2) is 11.6 Å². The number of aryl methyl sites for hydroxylation is 1. The van der Waals surface area contributed by atoms with E-state index in [1.807, 2.05) is 0 Å². The summed E-state index contributed by atoms with van der Waals surface area (Å²) in [7, 11) is 0. The molecule has 0 spiro atoms. The smallest absolute Gasteiger partial charge is 0.165 e. The molecule has 2 rings (SSSR count). The highest BCUT2D eigenvalue weighted by Gasteiger charge is 2.05. The normalized spacial score (nSPS) is 10.4. The van der Waals surface area contributed by atoms with Gasteiger partial charge in [0.05, 0.1) is 0 Å². The maximum atomic E-state index is 13.1. The first-order valence-corrected chi connectivity index (χ1v) is 4.83. The third kappa shape index (κ3) is 1.89. The zero-order chi connectivity index (χ0) is 11.7. The largest absolute Gasteiger partial charge is 0.505 e. The van der Waals surface area contributed by atoms with Crippen molar-refractivity contribution in [3.05, 3.63) is 53.6 Å². The molecule has 1 N–H and O–H groups in total. The van der Waals surface area contributed by atoms with E-state index < -0.39 is 5.82 Å². The van der Waals surface area contributed by atoms with Gasteiger partial charge >= 0.3 is 0 Å². The summed E-state index contributed by atoms with van der Waals surface area (Å²) in [5.74, 6) is -1.36. The van der Waals surface area contributed by atoms with E-state index in [2.05, 4.69) is 0 Å². The maximum Gasteiger partial charge on any atom is 0.165 e. The summed E-state index contributed by atoms with van der Waals surface area (Å²) < 4.78 is 26.2. The van der Waals surface area contributed by atoms with E-state index in [0.29, 0.717) is 11.1 Å². The monoisotopic (exact) mass is 220 g/mol. The van der Waals surface area contributed by atoms with Crippen LogP contribution in [0.25, 0.3) is 11.1 Å². The van der Waals surface area contributed by atoms with E-state index in [1.54, 1.807) is 25.1 Å². The number of rotatable bonds is 1. The minimum Gasteiger partial charge on any atom is -0.505 e. The Labute approximate surface area is 92.0 Å². The molecule has 0 atom stereocenters. The summed E-state index contributed by atoms with van der Waals surface area (Å²) in [5, 5.41) is 9.05. The molecule has 0 aliphatic carbocycles. The van der Waals surface area contributed by atoms with Gasteiger partial charge in [0.1, 0.15) is 5.82 Å². The van der Waals surface area contributed by atoms with Crippen LogP contribution >= 0.6 is 0 Å². The molecule has 0 saturated heterocycles. The average Bonchev–Trinajstić information content (AvgIpc) is 2.26. The fraction of sp³-hybridized carbons (Fsp3) is 0.0769. The molecule has 0 heterocycles. The zero-order valence-electron chi connectivity index (χ0n) is 8.67. The van der Waals surface area contributed by atoms with E-state index in [4.69, 9.17) is 5.11 Å². The third-order valence-electron chi connectivity index (χ3n) is 2.44. The van der Waals surface area contributed by atoms with Crippen molar-refractivity contribution < 1.29 is 13.9 Å². The first-order valence-electron chi connectivity index (χ1n) is 4.83. The van der Waals surface area contributed by atoms with Crippen LogP contribution in [0.1, 0.15) is 5.56 Å². The highest BCUT2D eigenvalue weighted by atomic mass is 19.1. The van der Waals surface area contributed by atoms with Gasteiger partial charge in [-0.25, -0.2) is 8.78 Å². The number of benzene rings is 2. The molecule has 0 aliphatic rings. The Bertz CT molecular complexity index is 486. The second-order valence-electron chi connectivity index (χ2n) is 3.63. The molecule has 16 heavy (non-hydrogen) atoms. The Morgan fingerprint density at radius 1 is 0.875 bits per heavy atom.